The molecule has 0 aliphatic carbocycles. The minimum Gasteiger partial charge on any atom is -0.467 e. The number of nitrogens with one attached hydrogen (secondary N) is 3. The van der Waals surface area contributed by atoms with Gasteiger partial charge in [-0.05, 0) is 11.1 Å². The quantitative estimate of drug-likeness (QED) is 0.406. The third-order valence-electron chi connectivity index (χ3n) is 4.82. The van der Waals surface area contributed by atoms with Crippen LogP contribution in [0.1, 0.15) is 16.8 Å². The minimum absolute atomic E-state index is 0.0423. The number of hydrogen-bond donors (Lipinski definition) is 3. The maximum atomic E-state index is 13.2. The summed E-state index contributed by atoms with van der Waals surface area (Å²) >= 11 is 0. The van der Waals surface area contributed by atoms with Crippen molar-refractivity contribution >= 4 is 18.0 Å². The van der Waals surface area contributed by atoms with Crippen molar-refractivity contribution in [2.75, 3.05) is 7.11 Å². The predicted molar refractivity (Wildman–Crippen MR) is 120 cm³/mol. The lowest BCUT2D eigenvalue weighted by Gasteiger charge is -2.22. The second-order valence-electron chi connectivity index (χ2n) is 7.24. The van der Waals surface area contributed by atoms with Crippen molar-refractivity contribution in [3.63, 3.8) is 0 Å². The van der Waals surface area contributed by atoms with Gasteiger partial charge in [0.2, 0.25) is 5.91 Å². The fourth-order valence-corrected chi connectivity index (χ4v) is 3.14. The van der Waals surface area contributed by atoms with Crippen LogP contribution in [0.2, 0.25) is 1.41 Å². The molecule has 0 spiro atoms. The zero-order chi connectivity index (χ0) is 24.3. The largest absolute Gasteiger partial charge is 0.467 e. The molecule has 2 aromatic carbocycles. The van der Waals surface area contributed by atoms with Crippen LogP contribution in [0.25, 0.3) is 0 Å². The molecule has 172 valence electrons. The summed E-state index contributed by atoms with van der Waals surface area (Å²) in [6.45, 7) is -0.0423. The van der Waals surface area contributed by atoms with Gasteiger partial charge in [0.15, 0.2) is 1.41 Å². The van der Waals surface area contributed by atoms with E-state index >= 15 is 0 Å². The first-order chi connectivity index (χ1) is 16.5. The second-order valence-corrected chi connectivity index (χ2v) is 7.24. The van der Waals surface area contributed by atoms with Crippen molar-refractivity contribution in [3.8, 4) is 0 Å². The fourth-order valence-electron chi connectivity index (χ4n) is 3.14. The van der Waals surface area contributed by atoms with Crippen LogP contribution in [0.4, 0.5) is 4.79 Å². The van der Waals surface area contributed by atoms with Crippen molar-refractivity contribution < 1.29 is 25.3 Å². The summed E-state index contributed by atoms with van der Waals surface area (Å²) in [7, 11) is 1.22. The summed E-state index contributed by atoms with van der Waals surface area (Å²) in [5.41, 5.74) is 2.10. The molecule has 0 aliphatic rings. The van der Waals surface area contributed by atoms with Gasteiger partial charge in [-0.15, -0.1) is 0 Å². The van der Waals surface area contributed by atoms with Gasteiger partial charge in [-0.25, -0.2) is 14.6 Å². The molecule has 0 fully saturated rings. The Kier molecular flexibility index (Phi) is 8.05. The minimum atomic E-state index is -1.25. The molecule has 2 amide bonds. The van der Waals surface area contributed by atoms with Gasteiger partial charge in [0.1, 0.15) is 18.7 Å². The number of aromatic amines is 1. The second kappa shape index (κ2) is 12.0. The van der Waals surface area contributed by atoms with E-state index < -0.39 is 30.1 Å². The number of rotatable bonds is 10. The molecule has 0 unspecified atom stereocenters. The average Bonchev–Trinajstić information content (AvgIpc) is 3.39. The van der Waals surface area contributed by atoms with Gasteiger partial charge in [0.25, 0.3) is 0 Å². The van der Waals surface area contributed by atoms with Crippen LogP contribution in [-0.2, 0) is 38.5 Å². The Morgan fingerprint density at radius 2 is 1.67 bits per heavy atom. The molecule has 0 bridgehead atoms. The molecule has 3 aromatic rings. The van der Waals surface area contributed by atoms with E-state index in [2.05, 4.69) is 15.3 Å². The highest BCUT2D eigenvalue weighted by Crippen LogP contribution is 2.07. The Morgan fingerprint density at radius 3 is 2.27 bits per heavy atom. The lowest BCUT2D eigenvalue weighted by atomic mass is 10.0. The maximum Gasteiger partial charge on any atom is 0.408 e. The Hall–Kier alpha value is -4.14. The van der Waals surface area contributed by atoms with Crippen LogP contribution >= 0.6 is 0 Å². The van der Waals surface area contributed by atoms with Gasteiger partial charge in [0.05, 0.1) is 13.4 Å². The lowest BCUT2D eigenvalue weighted by Crippen LogP contribution is -2.53. The van der Waals surface area contributed by atoms with Gasteiger partial charge in [-0.2, -0.15) is 0 Å². The monoisotopic (exact) mass is 451 g/mol. The Labute approximate surface area is 193 Å². The van der Waals surface area contributed by atoms with Crippen LogP contribution in [-0.4, -0.2) is 47.1 Å². The van der Waals surface area contributed by atoms with Crippen molar-refractivity contribution in [1.29, 1.82) is 0 Å². The Bertz CT molecular complexity index is 1060. The molecule has 0 saturated heterocycles. The highest BCUT2D eigenvalue weighted by molar-refractivity contribution is 5.90. The molecule has 0 radical (unpaired) electrons. The van der Waals surface area contributed by atoms with E-state index in [0.29, 0.717) is 11.0 Å². The van der Waals surface area contributed by atoms with Gasteiger partial charge < -0.3 is 25.1 Å². The smallest absolute Gasteiger partial charge is 0.408 e. The molecule has 0 saturated carbocycles. The van der Waals surface area contributed by atoms with Crippen molar-refractivity contribution in [3.05, 3.63) is 90.0 Å². The molecule has 33 heavy (non-hydrogen) atoms. The van der Waals surface area contributed by atoms with Crippen molar-refractivity contribution in [1.82, 2.24) is 20.6 Å². The van der Waals surface area contributed by atoms with Crippen LogP contribution in [0.3, 0.4) is 0 Å². The number of ether oxygens (including phenoxy) is 2. The predicted octanol–water partition coefficient (Wildman–Crippen LogP) is 2.15. The van der Waals surface area contributed by atoms with E-state index in [9.17, 15) is 14.4 Å². The number of methoxy groups -OCH3 is 1. The number of esters is 1. The first kappa shape index (κ1) is 22.1. The number of imidazole rings is 1. The van der Waals surface area contributed by atoms with Gasteiger partial charge in [0, 0.05) is 24.7 Å². The van der Waals surface area contributed by atoms with Gasteiger partial charge in [-0.1, -0.05) is 60.7 Å². The number of hydrogen-bond acceptors (Lipinski definition) is 6. The maximum absolute atomic E-state index is 13.2. The standard InChI is InChI=1S/C24H26N4O5/c1-32-23(30)21(13-19-14-25-16-26-19)27-22(29)20(12-17-8-4-2-5-9-17)28-24(31)33-15-18-10-6-3-7-11-18/h2-11,14,16,20-21H,12-13,15H2,1H3,(H,25,26)(H,27,29)(H,28,31)/t20-,21+/m1/s1/i/hD. The number of alkyl carbamates (subject to hydrolysis) is 1. The zero-order valence-electron chi connectivity index (χ0n) is 19.1. The van der Waals surface area contributed by atoms with E-state index in [-0.39, 0.29) is 19.4 Å². The summed E-state index contributed by atoms with van der Waals surface area (Å²) in [4.78, 5) is 44.9. The molecule has 2 atom stereocenters. The first-order valence-corrected chi connectivity index (χ1v) is 10.4. The number of carbonyl (C=O) groups is 3. The van der Waals surface area contributed by atoms with E-state index in [0.717, 1.165) is 11.1 Å². The van der Waals surface area contributed by atoms with E-state index in [4.69, 9.17) is 10.9 Å². The average molecular weight is 452 g/mol. The highest BCUT2D eigenvalue weighted by Gasteiger charge is 2.28. The fraction of sp³-hybridized carbons (Fsp3) is 0.250. The molecule has 1 heterocycles. The van der Waals surface area contributed by atoms with Crippen molar-refractivity contribution in [2.45, 2.75) is 31.5 Å². The van der Waals surface area contributed by atoms with Crippen LogP contribution < -0.4 is 10.6 Å². The normalized spacial score (nSPS) is 12.7. The SMILES string of the molecule is [2H]N(C(=O)OCc1ccccc1)[C@H](Cc1ccccc1)C(=O)N[C@@H](Cc1cnc[nH]1)C(=O)OC. The lowest BCUT2D eigenvalue weighted by molar-refractivity contribution is -0.145. The van der Waals surface area contributed by atoms with Crippen LogP contribution in [0, 0.1) is 0 Å². The number of nitrogens with zero attached hydrogens (tertiary/aromatic N) is 1. The molecular formula is C24H26N4O5. The third-order valence-corrected chi connectivity index (χ3v) is 4.82. The van der Waals surface area contributed by atoms with Crippen LogP contribution in [0.15, 0.2) is 73.2 Å². The number of amides is 2. The van der Waals surface area contributed by atoms with E-state index in [1.54, 1.807) is 48.5 Å². The van der Waals surface area contributed by atoms with Gasteiger partial charge >= 0.3 is 12.1 Å². The number of carbonyl (C=O) groups excluding carboxylic acids is 3. The Morgan fingerprint density at radius 1 is 1.00 bits per heavy atom. The van der Waals surface area contributed by atoms with Crippen molar-refractivity contribution in [2.24, 2.45) is 0 Å². The topological polar surface area (TPSA) is 122 Å². The number of benzene rings is 2. The van der Waals surface area contributed by atoms with Gasteiger partial charge in [-0.3, -0.25) is 4.79 Å². The number of aromatic nitrogens is 2. The van der Waals surface area contributed by atoms with Crippen LogP contribution in [0.5, 0.6) is 0 Å². The van der Waals surface area contributed by atoms with E-state index in [1.165, 1.54) is 19.6 Å². The Balaban J connectivity index is 1.75. The number of H-pyrrole nitrogens is 1. The summed E-state index contributed by atoms with van der Waals surface area (Å²) in [5.74, 6) is -1.35. The highest BCUT2D eigenvalue weighted by atomic mass is 16.5. The molecular weight excluding hydrogens is 424 g/mol. The zero-order valence-corrected chi connectivity index (χ0v) is 18.1. The molecule has 0 aliphatic heterocycles. The summed E-state index contributed by atoms with van der Waals surface area (Å²) in [5, 5.41) is 3.10. The summed E-state index contributed by atoms with van der Waals surface area (Å²) in [6, 6.07) is 15.7. The summed E-state index contributed by atoms with van der Waals surface area (Å²) in [6.07, 6.45) is 2.16. The first-order valence-electron chi connectivity index (χ1n) is 10.8. The third kappa shape index (κ3) is 7.49. The molecule has 9 nitrogen and oxygen atoms in total. The molecule has 9 heteroatoms. The molecule has 3 rings (SSSR count). The molecule has 1 aromatic heterocycles. The molecule has 3 N–H and O–H groups in total. The van der Waals surface area contributed by atoms with E-state index in [1.807, 2.05) is 12.1 Å². The summed E-state index contributed by atoms with van der Waals surface area (Å²) < 4.78 is 18.4.